The summed E-state index contributed by atoms with van der Waals surface area (Å²) >= 11 is 0. The van der Waals surface area contributed by atoms with Crippen molar-refractivity contribution >= 4 is 0 Å². The van der Waals surface area contributed by atoms with E-state index >= 15 is 0 Å². The second kappa shape index (κ2) is 5.05. The van der Waals surface area contributed by atoms with Gasteiger partial charge in [0.05, 0.1) is 0 Å². The van der Waals surface area contributed by atoms with Gasteiger partial charge in [-0.3, -0.25) is 0 Å². The van der Waals surface area contributed by atoms with Crippen LogP contribution in [0.2, 0.25) is 0 Å². The van der Waals surface area contributed by atoms with Gasteiger partial charge < -0.3 is 10.6 Å². The number of hydrogen-bond acceptors (Lipinski definition) is 2. The normalized spacial score (nSPS) is 26.1. The van der Waals surface area contributed by atoms with Gasteiger partial charge in [0.1, 0.15) is 0 Å². The Morgan fingerprint density at radius 2 is 2.00 bits per heavy atom. The molecule has 0 heterocycles. The standard InChI is InChI=1S/C14H30N2/c1-13(2)8-6-7-12(9-13)16(5)11-14(3,4)10-15/h12H,6-11,15H2,1-5H3. The van der Waals surface area contributed by atoms with Crippen LogP contribution in [0.5, 0.6) is 0 Å². The molecule has 2 nitrogen and oxygen atoms in total. The molecule has 0 aliphatic heterocycles. The van der Waals surface area contributed by atoms with Crippen molar-refractivity contribution in [2.75, 3.05) is 20.1 Å². The fourth-order valence-corrected chi connectivity index (χ4v) is 2.90. The monoisotopic (exact) mass is 226 g/mol. The SMILES string of the molecule is CN(CC(C)(C)CN)C1CCCC(C)(C)C1. The summed E-state index contributed by atoms with van der Waals surface area (Å²) in [6.07, 6.45) is 5.47. The highest BCUT2D eigenvalue weighted by Crippen LogP contribution is 2.37. The van der Waals surface area contributed by atoms with Gasteiger partial charge in [-0.15, -0.1) is 0 Å². The summed E-state index contributed by atoms with van der Waals surface area (Å²) in [4.78, 5) is 2.54. The molecule has 2 N–H and O–H groups in total. The predicted octanol–water partition coefficient (Wildman–Crippen LogP) is 2.87. The second-order valence-corrected chi connectivity index (χ2v) is 7.20. The zero-order valence-electron chi connectivity index (χ0n) is 11.8. The van der Waals surface area contributed by atoms with Crippen molar-refractivity contribution in [1.29, 1.82) is 0 Å². The average Bonchev–Trinajstić information content (AvgIpc) is 2.15. The van der Waals surface area contributed by atoms with Gasteiger partial charge in [0.25, 0.3) is 0 Å². The molecular formula is C14H30N2. The molecule has 1 aliphatic rings. The van der Waals surface area contributed by atoms with Crippen molar-refractivity contribution < 1.29 is 0 Å². The first-order valence-electron chi connectivity index (χ1n) is 6.66. The van der Waals surface area contributed by atoms with Crippen LogP contribution in [0.3, 0.4) is 0 Å². The quantitative estimate of drug-likeness (QED) is 0.798. The predicted molar refractivity (Wildman–Crippen MR) is 71.5 cm³/mol. The lowest BCUT2D eigenvalue weighted by molar-refractivity contribution is 0.0865. The molecule has 0 radical (unpaired) electrons. The molecule has 96 valence electrons. The summed E-state index contributed by atoms with van der Waals surface area (Å²) in [6.45, 7) is 11.2. The number of rotatable bonds is 4. The van der Waals surface area contributed by atoms with Crippen molar-refractivity contribution in [1.82, 2.24) is 4.90 Å². The summed E-state index contributed by atoms with van der Waals surface area (Å²) in [5.41, 5.74) is 6.59. The molecule has 0 aromatic carbocycles. The first kappa shape index (κ1) is 14.0. The first-order chi connectivity index (χ1) is 7.26. The van der Waals surface area contributed by atoms with Crippen molar-refractivity contribution in [3.63, 3.8) is 0 Å². The van der Waals surface area contributed by atoms with E-state index in [1.54, 1.807) is 0 Å². The Morgan fingerprint density at radius 1 is 1.38 bits per heavy atom. The Balaban J connectivity index is 2.51. The molecular weight excluding hydrogens is 196 g/mol. The molecule has 0 amide bonds. The fourth-order valence-electron chi connectivity index (χ4n) is 2.90. The van der Waals surface area contributed by atoms with E-state index in [4.69, 9.17) is 5.73 Å². The fraction of sp³-hybridized carbons (Fsp3) is 1.00. The van der Waals surface area contributed by atoms with Crippen LogP contribution >= 0.6 is 0 Å². The van der Waals surface area contributed by atoms with Crippen LogP contribution in [0.1, 0.15) is 53.4 Å². The molecule has 2 heteroatoms. The summed E-state index contributed by atoms with van der Waals surface area (Å²) in [5, 5.41) is 0. The smallest absolute Gasteiger partial charge is 0.00975 e. The maximum atomic E-state index is 5.81. The molecule has 1 aliphatic carbocycles. The van der Waals surface area contributed by atoms with Crippen molar-refractivity contribution in [2.24, 2.45) is 16.6 Å². The van der Waals surface area contributed by atoms with Crippen LogP contribution in [0.4, 0.5) is 0 Å². The largest absolute Gasteiger partial charge is 0.330 e. The Morgan fingerprint density at radius 3 is 2.50 bits per heavy atom. The van der Waals surface area contributed by atoms with Gasteiger partial charge in [-0.2, -0.15) is 0 Å². The Kier molecular flexibility index (Phi) is 4.42. The highest BCUT2D eigenvalue weighted by molar-refractivity contribution is 4.86. The van der Waals surface area contributed by atoms with E-state index in [2.05, 4.69) is 39.6 Å². The number of nitrogens with two attached hydrogens (primary N) is 1. The summed E-state index contributed by atoms with van der Waals surface area (Å²) < 4.78 is 0. The average molecular weight is 226 g/mol. The van der Waals surface area contributed by atoms with Crippen LogP contribution in [0.25, 0.3) is 0 Å². The third-order valence-corrected chi connectivity index (χ3v) is 4.03. The maximum absolute atomic E-state index is 5.81. The van der Waals surface area contributed by atoms with Crippen LogP contribution in [-0.4, -0.2) is 31.1 Å². The van der Waals surface area contributed by atoms with Crippen LogP contribution in [0.15, 0.2) is 0 Å². The summed E-state index contributed by atoms with van der Waals surface area (Å²) in [6, 6.07) is 0.759. The van der Waals surface area contributed by atoms with E-state index in [-0.39, 0.29) is 5.41 Å². The molecule has 0 saturated heterocycles. The third kappa shape index (κ3) is 4.06. The van der Waals surface area contributed by atoms with Gasteiger partial charge in [0.15, 0.2) is 0 Å². The molecule has 1 saturated carbocycles. The highest BCUT2D eigenvalue weighted by atomic mass is 15.1. The molecule has 0 aromatic heterocycles. The van der Waals surface area contributed by atoms with E-state index in [9.17, 15) is 0 Å². The molecule has 0 spiro atoms. The van der Waals surface area contributed by atoms with Gasteiger partial charge in [0.2, 0.25) is 0 Å². The van der Waals surface area contributed by atoms with E-state index in [1.807, 2.05) is 0 Å². The van der Waals surface area contributed by atoms with Gasteiger partial charge in [-0.25, -0.2) is 0 Å². The van der Waals surface area contributed by atoms with E-state index in [1.165, 1.54) is 25.7 Å². The minimum absolute atomic E-state index is 0.246. The number of nitrogens with zero attached hydrogens (tertiary/aromatic N) is 1. The molecule has 1 fully saturated rings. The summed E-state index contributed by atoms with van der Waals surface area (Å²) in [7, 11) is 2.27. The lowest BCUT2D eigenvalue weighted by atomic mass is 9.74. The molecule has 0 bridgehead atoms. The van der Waals surface area contributed by atoms with Crippen molar-refractivity contribution in [3.8, 4) is 0 Å². The van der Waals surface area contributed by atoms with Gasteiger partial charge in [0, 0.05) is 12.6 Å². The molecule has 1 rings (SSSR count). The second-order valence-electron chi connectivity index (χ2n) is 7.20. The third-order valence-electron chi connectivity index (χ3n) is 4.03. The molecule has 16 heavy (non-hydrogen) atoms. The topological polar surface area (TPSA) is 29.3 Å². The van der Waals surface area contributed by atoms with Crippen molar-refractivity contribution in [2.45, 2.75) is 59.4 Å². The van der Waals surface area contributed by atoms with Crippen LogP contribution in [-0.2, 0) is 0 Å². The lowest BCUT2D eigenvalue weighted by Crippen LogP contribution is -2.44. The number of hydrogen-bond donors (Lipinski definition) is 1. The maximum Gasteiger partial charge on any atom is 0.00975 e. The first-order valence-corrected chi connectivity index (χ1v) is 6.66. The minimum Gasteiger partial charge on any atom is -0.330 e. The Bertz CT molecular complexity index is 221. The Labute approximate surface area is 102 Å². The van der Waals surface area contributed by atoms with Gasteiger partial charge in [-0.05, 0) is 43.7 Å². The molecule has 1 atom stereocenters. The zero-order valence-corrected chi connectivity index (χ0v) is 11.8. The lowest BCUT2D eigenvalue weighted by Gasteiger charge is -2.42. The van der Waals surface area contributed by atoms with Crippen LogP contribution < -0.4 is 5.73 Å². The van der Waals surface area contributed by atoms with Crippen molar-refractivity contribution in [3.05, 3.63) is 0 Å². The van der Waals surface area contributed by atoms with Gasteiger partial charge >= 0.3 is 0 Å². The molecule has 0 aromatic rings. The highest BCUT2D eigenvalue weighted by Gasteiger charge is 2.31. The van der Waals surface area contributed by atoms with E-state index < -0.39 is 0 Å². The summed E-state index contributed by atoms with van der Waals surface area (Å²) in [5.74, 6) is 0. The zero-order chi connectivity index (χ0) is 12.4. The van der Waals surface area contributed by atoms with Crippen LogP contribution in [0, 0.1) is 10.8 Å². The van der Waals surface area contributed by atoms with E-state index in [0.717, 1.165) is 19.1 Å². The van der Waals surface area contributed by atoms with E-state index in [0.29, 0.717) is 5.41 Å². The molecule has 1 unspecified atom stereocenters. The minimum atomic E-state index is 0.246. The Hall–Kier alpha value is -0.0800. The van der Waals surface area contributed by atoms with Gasteiger partial charge in [-0.1, -0.05) is 34.1 Å².